The highest BCUT2D eigenvalue weighted by molar-refractivity contribution is 7.89. The van der Waals surface area contributed by atoms with E-state index in [1.165, 1.54) is 11.0 Å². The Hall–Kier alpha value is -2.62. The largest absolute Gasteiger partial charge is 0.405 e. The number of hydrogen-bond donors (Lipinski definition) is 2. The van der Waals surface area contributed by atoms with Gasteiger partial charge in [-0.25, -0.2) is 13.1 Å². The second-order valence-corrected chi connectivity index (χ2v) is 12.1. The molecular weight excluding hydrogens is 507 g/mol. The van der Waals surface area contributed by atoms with Crippen LogP contribution in [0.3, 0.4) is 0 Å². The minimum absolute atomic E-state index is 0.0918. The first-order valence-corrected chi connectivity index (χ1v) is 14.1. The highest BCUT2D eigenvalue weighted by Crippen LogP contribution is 2.44. The first-order chi connectivity index (χ1) is 17.5. The Balaban J connectivity index is 1.23. The van der Waals surface area contributed by atoms with Gasteiger partial charge in [-0.2, -0.15) is 18.4 Å². The third-order valence-corrected chi connectivity index (χ3v) is 9.40. The molecule has 200 valence electrons. The van der Waals surface area contributed by atoms with Crippen LogP contribution in [0.2, 0.25) is 0 Å². The second-order valence-electron chi connectivity index (χ2n) is 10.4. The van der Waals surface area contributed by atoms with E-state index < -0.39 is 34.7 Å². The van der Waals surface area contributed by atoms with Gasteiger partial charge in [0.25, 0.3) is 0 Å². The molecule has 0 unspecified atom stereocenters. The number of nitriles is 1. The fourth-order valence-corrected chi connectivity index (χ4v) is 7.05. The van der Waals surface area contributed by atoms with E-state index in [1.54, 1.807) is 12.1 Å². The van der Waals surface area contributed by atoms with Gasteiger partial charge in [0.1, 0.15) is 12.1 Å². The molecule has 5 rings (SSSR count). The minimum Gasteiger partial charge on any atom is -0.346 e. The van der Waals surface area contributed by atoms with Crippen LogP contribution in [0.15, 0.2) is 23.1 Å². The Morgan fingerprint density at radius 1 is 1.16 bits per heavy atom. The molecule has 1 atom stereocenters. The highest BCUT2D eigenvalue weighted by atomic mass is 32.2. The van der Waals surface area contributed by atoms with Crippen LogP contribution in [-0.2, 0) is 21.9 Å². The Morgan fingerprint density at radius 3 is 2.49 bits per heavy atom. The van der Waals surface area contributed by atoms with Gasteiger partial charge in [0.05, 0.1) is 16.0 Å². The van der Waals surface area contributed by atoms with E-state index in [0.29, 0.717) is 42.7 Å². The second kappa shape index (κ2) is 9.60. The number of rotatable bonds is 5. The average Bonchev–Trinajstić information content (AvgIpc) is 3.67. The lowest BCUT2D eigenvalue weighted by Crippen LogP contribution is -2.59. The predicted molar refractivity (Wildman–Crippen MR) is 130 cm³/mol. The topological polar surface area (TPSA) is 107 Å². The van der Waals surface area contributed by atoms with Crippen molar-refractivity contribution in [1.29, 1.82) is 5.26 Å². The molecule has 2 aliphatic carbocycles. The SMILES string of the molecule is Cn1c(C2CC2)c(C#N)c2ccc(S(=O)(=O)NC3CCC(C(=O)N4CCN[C@@H](C(F)(F)F)C4)CC3)cc21. The molecule has 3 aliphatic rings. The Bertz CT molecular complexity index is 1350. The normalized spacial score (nSPS) is 25.3. The molecule has 0 spiro atoms. The molecule has 3 fully saturated rings. The summed E-state index contributed by atoms with van der Waals surface area (Å²) in [5.74, 6) is -0.354. The fourth-order valence-electron chi connectivity index (χ4n) is 5.73. The summed E-state index contributed by atoms with van der Waals surface area (Å²) in [5, 5.41) is 12.8. The molecule has 1 aromatic carbocycles. The van der Waals surface area contributed by atoms with Gasteiger partial charge in [0, 0.05) is 55.6 Å². The lowest BCUT2D eigenvalue weighted by molar-refractivity contribution is -0.169. The van der Waals surface area contributed by atoms with Gasteiger partial charge in [0.15, 0.2) is 0 Å². The van der Waals surface area contributed by atoms with Crippen LogP contribution in [0, 0.1) is 17.2 Å². The van der Waals surface area contributed by atoms with E-state index in [0.717, 1.165) is 23.9 Å². The molecule has 37 heavy (non-hydrogen) atoms. The van der Waals surface area contributed by atoms with Crippen LogP contribution in [0.4, 0.5) is 13.2 Å². The highest BCUT2D eigenvalue weighted by Gasteiger charge is 2.44. The Labute approximate surface area is 213 Å². The van der Waals surface area contributed by atoms with Crippen molar-refractivity contribution < 1.29 is 26.4 Å². The summed E-state index contributed by atoms with van der Waals surface area (Å²) >= 11 is 0. The summed E-state index contributed by atoms with van der Waals surface area (Å²) < 4.78 is 70.2. The number of benzene rings is 1. The van der Waals surface area contributed by atoms with Gasteiger partial charge in [0.2, 0.25) is 15.9 Å². The lowest BCUT2D eigenvalue weighted by Gasteiger charge is -2.38. The van der Waals surface area contributed by atoms with E-state index in [1.807, 2.05) is 11.6 Å². The number of piperazine rings is 1. The van der Waals surface area contributed by atoms with Crippen LogP contribution in [0.1, 0.15) is 55.7 Å². The number of sulfonamides is 1. The number of hydrogen-bond acceptors (Lipinski definition) is 5. The van der Waals surface area contributed by atoms with Crippen molar-refractivity contribution >= 4 is 26.8 Å². The molecule has 12 heteroatoms. The van der Waals surface area contributed by atoms with Crippen LogP contribution >= 0.6 is 0 Å². The van der Waals surface area contributed by atoms with E-state index in [2.05, 4.69) is 16.1 Å². The molecule has 1 saturated heterocycles. The van der Waals surface area contributed by atoms with E-state index in [4.69, 9.17) is 0 Å². The molecule has 1 amide bonds. The number of fused-ring (bicyclic) bond motifs is 1. The van der Waals surface area contributed by atoms with Gasteiger partial charge in [-0.15, -0.1) is 0 Å². The van der Waals surface area contributed by atoms with Crippen LogP contribution in [0.5, 0.6) is 0 Å². The summed E-state index contributed by atoms with van der Waals surface area (Å²) in [7, 11) is -1.98. The van der Waals surface area contributed by atoms with E-state index in [-0.39, 0.29) is 29.9 Å². The van der Waals surface area contributed by atoms with Gasteiger partial charge in [-0.3, -0.25) is 4.79 Å². The predicted octanol–water partition coefficient (Wildman–Crippen LogP) is 3.13. The zero-order chi connectivity index (χ0) is 26.5. The monoisotopic (exact) mass is 537 g/mol. The van der Waals surface area contributed by atoms with E-state index in [9.17, 15) is 31.6 Å². The maximum atomic E-state index is 13.2. The van der Waals surface area contributed by atoms with Crippen molar-refractivity contribution in [2.45, 2.75) is 67.6 Å². The molecular formula is C25H30F3N5O3S. The molecule has 2 heterocycles. The zero-order valence-electron chi connectivity index (χ0n) is 20.5. The van der Waals surface area contributed by atoms with Crippen molar-refractivity contribution in [2.75, 3.05) is 19.6 Å². The number of amides is 1. The summed E-state index contributed by atoms with van der Waals surface area (Å²) in [5.41, 5.74) is 2.25. The minimum atomic E-state index is -4.41. The molecule has 1 aliphatic heterocycles. The summed E-state index contributed by atoms with van der Waals surface area (Å²) in [6.45, 7) is -0.0728. The molecule has 1 aromatic heterocycles. The van der Waals surface area contributed by atoms with Crippen molar-refractivity contribution in [3.05, 3.63) is 29.5 Å². The number of nitrogens with one attached hydrogen (secondary N) is 2. The summed E-state index contributed by atoms with van der Waals surface area (Å²) in [6, 6.07) is 4.99. The van der Waals surface area contributed by atoms with Gasteiger partial charge >= 0.3 is 6.18 Å². The molecule has 0 bridgehead atoms. The van der Waals surface area contributed by atoms with Crippen LogP contribution in [0.25, 0.3) is 10.9 Å². The van der Waals surface area contributed by atoms with Crippen LogP contribution in [-0.4, -0.2) is 61.7 Å². The third-order valence-electron chi connectivity index (χ3n) is 7.88. The van der Waals surface area contributed by atoms with Crippen LogP contribution < -0.4 is 10.0 Å². The van der Waals surface area contributed by atoms with Gasteiger partial charge < -0.3 is 14.8 Å². The molecule has 2 saturated carbocycles. The quantitative estimate of drug-likeness (QED) is 0.610. The zero-order valence-corrected chi connectivity index (χ0v) is 21.3. The van der Waals surface area contributed by atoms with Crippen molar-refractivity contribution in [2.24, 2.45) is 13.0 Å². The number of nitrogens with zero attached hydrogens (tertiary/aromatic N) is 3. The number of carbonyl (C=O) groups is 1. The Kier molecular flexibility index (Phi) is 6.75. The first-order valence-electron chi connectivity index (χ1n) is 12.6. The van der Waals surface area contributed by atoms with Gasteiger partial charge in [-0.05, 0) is 50.7 Å². The van der Waals surface area contributed by atoms with Crippen molar-refractivity contribution in [1.82, 2.24) is 19.5 Å². The van der Waals surface area contributed by atoms with Crippen molar-refractivity contribution in [3.8, 4) is 6.07 Å². The molecule has 8 nitrogen and oxygen atoms in total. The number of aryl methyl sites for hydroxylation is 1. The third kappa shape index (κ3) is 5.09. The van der Waals surface area contributed by atoms with Crippen molar-refractivity contribution in [3.63, 3.8) is 0 Å². The first kappa shape index (κ1) is 26.0. The molecule has 2 aromatic rings. The summed E-state index contributed by atoms with van der Waals surface area (Å²) in [6.07, 6.45) is -0.669. The Morgan fingerprint density at radius 2 is 1.86 bits per heavy atom. The smallest absolute Gasteiger partial charge is 0.346 e. The number of alkyl halides is 3. The number of aromatic nitrogens is 1. The maximum Gasteiger partial charge on any atom is 0.405 e. The molecule has 2 N–H and O–H groups in total. The maximum absolute atomic E-state index is 13.2. The average molecular weight is 538 g/mol. The fraction of sp³-hybridized carbons (Fsp3) is 0.600. The summed E-state index contributed by atoms with van der Waals surface area (Å²) in [4.78, 5) is 14.3. The number of halogens is 3. The van der Waals surface area contributed by atoms with Gasteiger partial charge in [-0.1, -0.05) is 6.07 Å². The number of carbonyl (C=O) groups excluding carboxylic acids is 1. The van der Waals surface area contributed by atoms with E-state index >= 15 is 0 Å². The standard InChI is InChI=1S/C25H30F3N5O3S/c1-32-21-12-18(8-9-19(21)20(13-29)23(32)15-2-3-15)37(35,36)31-17-6-4-16(5-7-17)24(34)33-11-10-30-22(14-33)25(26,27)28/h8-9,12,15-17,22,30-31H,2-7,10-11,14H2,1H3/t16?,17?,22-/m1/s1. The molecule has 0 radical (unpaired) electrons. The lowest BCUT2D eigenvalue weighted by atomic mass is 9.85.